The van der Waals surface area contributed by atoms with Gasteiger partial charge in [-0.15, -0.1) is 0 Å². The van der Waals surface area contributed by atoms with Gasteiger partial charge < -0.3 is 14.5 Å². The number of fused-ring (bicyclic) bond motifs is 1. The molecule has 0 saturated carbocycles. The van der Waals surface area contributed by atoms with Crippen molar-refractivity contribution in [2.45, 2.75) is 25.9 Å². The zero-order valence-corrected chi connectivity index (χ0v) is 15.3. The molecule has 2 N–H and O–H groups in total. The second kappa shape index (κ2) is 6.95. The van der Waals surface area contributed by atoms with Crippen molar-refractivity contribution < 1.29 is 19.1 Å². The molecular weight excluding hydrogens is 336 g/mol. The number of cyclic esters (lactones) is 1. The summed E-state index contributed by atoms with van der Waals surface area (Å²) in [4.78, 5) is 40.8. The SMILES string of the molecule is Cc1ccc2c(c1)C(=O)OC(C)(C(=O)NNC(=O)N1CCN(C)CC1)C2. The number of esters is 1. The molecule has 0 bridgehead atoms. The Balaban J connectivity index is 1.61. The second-order valence-corrected chi connectivity index (χ2v) is 7.13. The Morgan fingerprint density at radius 1 is 1.15 bits per heavy atom. The number of amides is 3. The van der Waals surface area contributed by atoms with Crippen molar-refractivity contribution >= 4 is 17.9 Å². The Morgan fingerprint density at radius 2 is 1.85 bits per heavy atom. The van der Waals surface area contributed by atoms with Crippen LogP contribution in [0.15, 0.2) is 18.2 Å². The summed E-state index contributed by atoms with van der Waals surface area (Å²) in [6.45, 7) is 6.20. The highest BCUT2D eigenvalue weighted by atomic mass is 16.6. The normalized spacial score (nSPS) is 23.0. The highest BCUT2D eigenvalue weighted by Crippen LogP contribution is 2.28. The van der Waals surface area contributed by atoms with E-state index in [9.17, 15) is 14.4 Å². The lowest BCUT2D eigenvalue weighted by Gasteiger charge is -2.34. The number of carbonyl (C=O) groups excluding carboxylic acids is 3. The molecule has 8 nitrogen and oxygen atoms in total. The highest BCUT2D eigenvalue weighted by molar-refractivity contribution is 5.98. The largest absolute Gasteiger partial charge is 0.445 e. The van der Waals surface area contributed by atoms with E-state index in [4.69, 9.17) is 4.74 Å². The van der Waals surface area contributed by atoms with Crippen molar-refractivity contribution in [2.75, 3.05) is 33.2 Å². The van der Waals surface area contributed by atoms with E-state index in [0.717, 1.165) is 24.2 Å². The number of benzene rings is 1. The summed E-state index contributed by atoms with van der Waals surface area (Å²) in [6.07, 6.45) is 0.255. The summed E-state index contributed by atoms with van der Waals surface area (Å²) < 4.78 is 5.39. The third-order valence-electron chi connectivity index (χ3n) is 4.88. The third-order valence-corrected chi connectivity index (χ3v) is 4.88. The average molecular weight is 360 g/mol. The van der Waals surface area contributed by atoms with Crippen LogP contribution in [0.3, 0.4) is 0 Å². The van der Waals surface area contributed by atoms with Crippen LogP contribution >= 0.6 is 0 Å². The summed E-state index contributed by atoms with van der Waals surface area (Å²) in [7, 11) is 1.99. The first-order valence-electron chi connectivity index (χ1n) is 8.65. The summed E-state index contributed by atoms with van der Waals surface area (Å²) in [5.41, 5.74) is 5.64. The van der Waals surface area contributed by atoms with Gasteiger partial charge in [0.1, 0.15) is 0 Å². The number of carbonyl (C=O) groups is 3. The number of piperazine rings is 1. The van der Waals surface area contributed by atoms with Crippen LogP contribution in [0.25, 0.3) is 0 Å². The van der Waals surface area contributed by atoms with Crippen LogP contribution < -0.4 is 10.9 Å². The molecule has 1 aromatic carbocycles. The number of rotatable bonds is 1. The summed E-state index contributed by atoms with van der Waals surface area (Å²) in [5.74, 6) is -1.09. The van der Waals surface area contributed by atoms with Crippen molar-refractivity contribution in [1.82, 2.24) is 20.7 Å². The minimum absolute atomic E-state index is 0.255. The van der Waals surface area contributed by atoms with Crippen LogP contribution in [0.5, 0.6) is 0 Å². The smallest absolute Gasteiger partial charge is 0.339 e. The minimum atomic E-state index is -1.37. The van der Waals surface area contributed by atoms with Crippen LogP contribution in [0.2, 0.25) is 0 Å². The molecule has 1 atom stereocenters. The van der Waals surface area contributed by atoms with Crippen LogP contribution in [0, 0.1) is 6.92 Å². The molecule has 1 aromatic rings. The lowest BCUT2D eigenvalue weighted by Crippen LogP contribution is -2.59. The van der Waals surface area contributed by atoms with E-state index in [0.29, 0.717) is 18.7 Å². The fourth-order valence-electron chi connectivity index (χ4n) is 3.15. The number of nitrogens with zero attached hydrogens (tertiary/aromatic N) is 2. The molecule has 0 radical (unpaired) electrons. The van der Waals surface area contributed by atoms with E-state index in [1.807, 2.05) is 26.1 Å². The van der Waals surface area contributed by atoms with Gasteiger partial charge in [0.05, 0.1) is 5.56 Å². The quantitative estimate of drug-likeness (QED) is 0.561. The molecule has 140 valence electrons. The predicted molar refractivity (Wildman–Crippen MR) is 94.4 cm³/mol. The maximum Gasteiger partial charge on any atom is 0.339 e. The molecule has 8 heteroatoms. The van der Waals surface area contributed by atoms with Crippen LogP contribution in [0.4, 0.5) is 4.79 Å². The van der Waals surface area contributed by atoms with E-state index in [1.165, 1.54) is 0 Å². The summed E-state index contributed by atoms with van der Waals surface area (Å²) in [6, 6.07) is 5.11. The van der Waals surface area contributed by atoms with Gasteiger partial charge in [-0.2, -0.15) is 0 Å². The van der Waals surface area contributed by atoms with Gasteiger partial charge in [0.25, 0.3) is 5.91 Å². The molecule has 0 spiro atoms. The Bertz CT molecular complexity index is 743. The number of ether oxygens (including phenoxy) is 1. The topological polar surface area (TPSA) is 91.0 Å². The number of likely N-dealkylation sites (N-methyl/N-ethyl adjacent to an activating group) is 1. The third kappa shape index (κ3) is 3.65. The van der Waals surface area contributed by atoms with Gasteiger partial charge in [-0.05, 0) is 32.5 Å². The fourth-order valence-corrected chi connectivity index (χ4v) is 3.15. The molecule has 3 amide bonds. The zero-order valence-electron chi connectivity index (χ0n) is 15.3. The molecule has 1 unspecified atom stereocenters. The number of nitrogens with one attached hydrogen (secondary N) is 2. The summed E-state index contributed by atoms with van der Waals surface area (Å²) >= 11 is 0. The first-order chi connectivity index (χ1) is 12.3. The van der Waals surface area contributed by atoms with Gasteiger partial charge >= 0.3 is 12.0 Å². The predicted octanol–water partition coefficient (Wildman–Crippen LogP) is 0.455. The molecule has 2 aliphatic heterocycles. The second-order valence-electron chi connectivity index (χ2n) is 7.13. The van der Waals surface area contributed by atoms with Crippen molar-refractivity contribution in [3.8, 4) is 0 Å². The van der Waals surface area contributed by atoms with Gasteiger partial charge in [-0.25, -0.2) is 15.0 Å². The molecule has 3 rings (SSSR count). The van der Waals surface area contributed by atoms with Crippen LogP contribution in [-0.4, -0.2) is 66.5 Å². The number of urea groups is 1. The molecule has 2 heterocycles. The van der Waals surface area contributed by atoms with Gasteiger partial charge in [0.2, 0.25) is 0 Å². The Hall–Kier alpha value is -2.61. The number of hydrogen-bond acceptors (Lipinski definition) is 5. The van der Waals surface area contributed by atoms with E-state index >= 15 is 0 Å². The molecule has 0 aliphatic carbocycles. The number of aryl methyl sites for hydroxylation is 1. The van der Waals surface area contributed by atoms with Crippen molar-refractivity contribution in [1.29, 1.82) is 0 Å². The Morgan fingerprint density at radius 3 is 2.54 bits per heavy atom. The lowest BCUT2D eigenvalue weighted by molar-refractivity contribution is -0.140. The monoisotopic (exact) mass is 360 g/mol. The summed E-state index contributed by atoms with van der Waals surface area (Å²) in [5, 5.41) is 0. The van der Waals surface area contributed by atoms with Gasteiger partial charge in [0, 0.05) is 32.6 Å². The Kier molecular flexibility index (Phi) is 4.86. The standard InChI is InChI=1S/C18H24N4O4/c1-12-4-5-13-11-18(2,26-15(23)14(13)10-12)16(24)19-20-17(25)22-8-6-21(3)7-9-22/h4-5,10H,6-9,11H2,1-3H3,(H,19,24)(H,20,25). The lowest BCUT2D eigenvalue weighted by atomic mass is 9.88. The highest BCUT2D eigenvalue weighted by Gasteiger charge is 2.43. The van der Waals surface area contributed by atoms with E-state index in [1.54, 1.807) is 17.9 Å². The van der Waals surface area contributed by atoms with Gasteiger partial charge in [-0.3, -0.25) is 10.2 Å². The van der Waals surface area contributed by atoms with Crippen molar-refractivity contribution in [2.24, 2.45) is 0 Å². The maximum atomic E-state index is 12.6. The first kappa shape index (κ1) is 18.2. The zero-order chi connectivity index (χ0) is 18.9. The maximum absolute atomic E-state index is 12.6. The molecule has 1 fully saturated rings. The van der Waals surface area contributed by atoms with E-state index in [2.05, 4.69) is 15.8 Å². The molecule has 2 aliphatic rings. The van der Waals surface area contributed by atoms with Crippen LogP contribution in [0.1, 0.15) is 28.4 Å². The van der Waals surface area contributed by atoms with E-state index in [-0.39, 0.29) is 12.5 Å². The van der Waals surface area contributed by atoms with Crippen molar-refractivity contribution in [3.05, 3.63) is 34.9 Å². The minimum Gasteiger partial charge on any atom is -0.445 e. The van der Waals surface area contributed by atoms with Crippen molar-refractivity contribution in [3.63, 3.8) is 0 Å². The Labute approximate surface area is 152 Å². The van der Waals surface area contributed by atoms with Gasteiger partial charge in [0.15, 0.2) is 5.60 Å². The molecular formula is C18H24N4O4. The first-order valence-corrected chi connectivity index (χ1v) is 8.65. The number of hydrazine groups is 1. The van der Waals surface area contributed by atoms with Gasteiger partial charge in [-0.1, -0.05) is 17.7 Å². The van der Waals surface area contributed by atoms with E-state index < -0.39 is 17.5 Å². The molecule has 0 aromatic heterocycles. The molecule has 1 saturated heterocycles. The number of hydrogen-bond donors (Lipinski definition) is 2. The molecule has 26 heavy (non-hydrogen) atoms. The average Bonchev–Trinajstić information content (AvgIpc) is 2.60. The van der Waals surface area contributed by atoms with Crippen LogP contribution in [-0.2, 0) is 16.0 Å². The fraction of sp³-hybridized carbons (Fsp3) is 0.500.